The smallest absolute Gasteiger partial charge is 0.224 e. The topological polar surface area (TPSA) is 103 Å². The first kappa shape index (κ1) is 22.2. The summed E-state index contributed by atoms with van der Waals surface area (Å²) < 4.78 is 38.7. The van der Waals surface area contributed by atoms with Gasteiger partial charge < -0.3 is 10.6 Å². The van der Waals surface area contributed by atoms with Gasteiger partial charge in [-0.2, -0.15) is 10.2 Å². The SMILES string of the molecule is C#CCCC1(CCC(=O)Nc2cc(F)cc(NC3CCN(S(C)(=O)=O)CC3)c2)N=N1. The van der Waals surface area contributed by atoms with Crippen molar-refractivity contribution in [1.82, 2.24) is 4.31 Å². The number of carbonyl (C=O) groups is 1. The van der Waals surface area contributed by atoms with Gasteiger partial charge in [0.2, 0.25) is 15.9 Å². The van der Waals surface area contributed by atoms with Crippen LogP contribution in [0, 0.1) is 18.2 Å². The van der Waals surface area contributed by atoms with Gasteiger partial charge in [-0.25, -0.2) is 17.1 Å². The van der Waals surface area contributed by atoms with Crippen molar-refractivity contribution >= 4 is 27.3 Å². The van der Waals surface area contributed by atoms with Gasteiger partial charge >= 0.3 is 0 Å². The normalized spacial score (nSPS) is 18.6. The van der Waals surface area contributed by atoms with E-state index in [-0.39, 0.29) is 18.4 Å². The largest absolute Gasteiger partial charge is 0.382 e. The first-order valence-electron chi connectivity index (χ1n) is 9.89. The fourth-order valence-corrected chi connectivity index (χ4v) is 4.39. The molecule has 2 heterocycles. The van der Waals surface area contributed by atoms with E-state index in [9.17, 15) is 17.6 Å². The number of sulfonamides is 1. The van der Waals surface area contributed by atoms with Gasteiger partial charge in [0.1, 0.15) is 5.82 Å². The molecule has 162 valence electrons. The maximum absolute atomic E-state index is 14.0. The molecule has 1 amide bonds. The van der Waals surface area contributed by atoms with E-state index in [0.29, 0.717) is 56.6 Å². The van der Waals surface area contributed by atoms with Crippen molar-refractivity contribution in [2.24, 2.45) is 10.2 Å². The second-order valence-electron chi connectivity index (χ2n) is 7.74. The summed E-state index contributed by atoms with van der Waals surface area (Å²) in [5.41, 5.74) is 0.373. The number of rotatable bonds is 9. The molecule has 2 N–H and O–H groups in total. The Kier molecular flexibility index (Phi) is 6.73. The van der Waals surface area contributed by atoms with E-state index in [0.717, 1.165) is 0 Å². The third-order valence-corrected chi connectivity index (χ3v) is 6.58. The number of hydrogen-bond donors (Lipinski definition) is 2. The molecule has 0 spiro atoms. The molecule has 30 heavy (non-hydrogen) atoms. The number of anilines is 2. The van der Waals surface area contributed by atoms with Gasteiger partial charge in [0, 0.05) is 56.2 Å². The van der Waals surface area contributed by atoms with E-state index < -0.39 is 21.5 Å². The summed E-state index contributed by atoms with van der Waals surface area (Å²) in [5, 5.41) is 14.0. The summed E-state index contributed by atoms with van der Waals surface area (Å²) in [6.07, 6.45) is 9.57. The van der Waals surface area contributed by atoms with E-state index in [1.54, 1.807) is 6.07 Å². The van der Waals surface area contributed by atoms with Crippen LogP contribution >= 0.6 is 0 Å². The molecular weight excluding hydrogens is 409 g/mol. The first-order valence-corrected chi connectivity index (χ1v) is 11.7. The summed E-state index contributed by atoms with van der Waals surface area (Å²) in [6, 6.07) is 4.32. The highest BCUT2D eigenvalue weighted by Crippen LogP contribution is 2.37. The molecule has 8 nitrogen and oxygen atoms in total. The Morgan fingerprint density at radius 1 is 1.27 bits per heavy atom. The maximum atomic E-state index is 14.0. The molecule has 2 aliphatic rings. The number of halogens is 1. The highest BCUT2D eigenvalue weighted by Gasteiger charge is 2.39. The van der Waals surface area contributed by atoms with Crippen molar-refractivity contribution in [1.29, 1.82) is 0 Å². The van der Waals surface area contributed by atoms with Crippen LogP contribution in [0.3, 0.4) is 0 Å². The number of nitrogens with zero attached hydrogens (tertiary/aromatic N) is 3. The van der Waals surface area contributed by atoms with E-state index in [2.05, 4.69) is 26.8 Å². The van der Waals surface area contributed by atoms with Gasteiger partial charge in [-0.05, 0) is 31.0 Å². The van der Waals surface area contributed by atoms with Crippen LogP contribution in [0.15, 0.2) is 28.4 Å². The van der Waals surface area contributed by atoms with Crippen LogP contribution < -0.4 is 10.6 Å². The first-order chi connectivity index (χ1) is 14.2. The zero-order valence-electron chi connectivity index (χ0n) is 16.9. The molecule has 1 aromatic carbocycles. The number of piperidine rings is 1. The molecule has 0 aliphatic carbocycles. The molecule has 0 bridgehead atoms. The minimum Gasteiger partial charge on any atom is -0.382 e. The molecular formula is C20H26FN5O3S. The van der Waals surface area contributed by atoms with Gasteiger partial charge in [-0.15, -0.1) is 12.3 Å². The van der Waals surface area contributed by atoms with Crippen molar-refractivity contribution < 1.29 is 17.6 Å². The van der Waals surface area contributed by atoms with Gasteiger partial charge in [0.15, 0.2) is 5.66 Å². The standard InChI is InChI=1S/C20H26FN5O3S/c1-3-4-8-20(24-25-20)9-5-19(27)23-18-13-15(21)12-17(14-18)22-16-6-10-26(11-7-16)30(2,28)29/h1,12-14,16,22H,4-11H2,2H3,(H,23,27). The number of terminal acetylenes is 1. The monoisotopic (exact) mass is 435 g/mol. The van der Waals surface area contributed by atoms with Gasteiger partial charge in [0.25, 0.3) is 0 Å². The van der Waals surface area contributed by atoms with Crippen LogP contribution in [0.4, 0.5) is 15.8 Å². The lowest BCUT2D eigenvalue weighted by Crippen LogP contribution is -2.41. The molecule has 2 aliphatic heterocycles. The molecule has 10 heteroatoms. The van der Waals surface area contributed by atoms with E-state index in [4.69, 9.17) is 6.42 Å². The minimum absolute atomic E-state index is 0.0301. The average molecular weight is 436 g/mol. The van der Waals surface area contributed by atoms with Crippen LogP contribution in [0.5, 0.6) is 0 Å². The Balaban J connectivity index is 1.51. The fraction of sp³-hybridized carbons (Fsp3) is 0.550. The van der Waals surface area contributed by atoms with Crippen molar-refractivity contribution in [2.45, 2.75) is 50.2 Å². The van der Waals surface area contributed by atoms with E-state index in [1.165, 1.54) is 22.7 Å². The Labute approximate surface area is 176 Å². The van der Waals surface area contributed by atoms with Crippen LogP contribution in [-0.2, 0) is 14.8 Å². The maximum Gasteiger partial charge on any atom is 0.224 e. The predicted octanol–water partition coefficient (Wildman–Crippen LogP) is 2.96. The molecule has 1 fully saturated rings. The lowest BCUT2D eigenvalue weighted by molar-refractivity contribution is -0.116. The fourth-order valence-electron chi connectivity index (χ4n) is 3.52. The van der Waals surface area contributed by atoms with Crippen LogP contribution in [0.2, 0.25) is 0 Å². The van der Waals surface area contributed by atoms with E-state index >= 15 is 0 Å². The molecule has 0 saturated carbocycles. The van der Waals surface area contributed by atoms with Crippen LogP contribution in [-0.4, -0.2) is 49.7 Å². The van der Waals surface area contributed by atoms with E-state index in [1.807, 2.05) is 0 Å². The summed E-state index contributed by atoms with van der Waals surface area (Å²) in [7, 11) is -3.19. The van der Waals surface area contributed by atoms with Gasteiger partial charge in [0.05, 0.1) is 6.26 Å². The summed E-state index contributed by atoms with van der Waals surface area (Å²) in [4.78, 5) is 12.3. The zero-order chi connectivity index (χ0) is 21.8. The number of carbonyl (C=O) groups excluding carboxylic acids is 1. The molecule has 0 aromatic heterocycles. The highest BCUT2D eigenvalue weighted by molar-refractivity contribution is 7.88. The highest BCUT2D eigenvalue weighted by atomic mass is 32.2. The number of benzene rings is 1. The minimum atomic E-state index is -3.19. The van der Waals surface area contributed by atoms with Crippen molar-refractivity contribution in [2.75, 3.05) is 30.0 Å². The van der Waals surface area contributed by atoms with Gasteiger partial charge in [-0.1, -0.05) is 0 Å². The zero-order valence-corrected chi connectivity index (χ0v) is 17.7. The summed E-state index contributed by atoms with van der Waals surface area (Å²) in [6.45, 7) is 0.847. The van der Waals surface area contributed by atoms with Crippen molar-refractivity contribution in [3.63, 3.8) is 0 Å². The number of amides is 1. The van der Waals surface area contributed by atoms with Gasteiger partial charge in [-0.3, -0.25) is 4.79 Å². The van der Waals surface area contributed by atoms with Crippen LogP contribution in [0.25, 0.3) is 0 Å². The number of hydrogen-bond acceptors (Lipinski definition) is 6. The Hall–Kier alpha value is -2.51. The molecule has 0 unspecified atom stereocenters. The third-order valence-electron chi connectivity index (χ3n) is 5.28. The molecule has 1 aromatic rings. The summed E-state index contributed by atoms with van der Waals surface area (Å²) in [5.74, 6) is 1.83. The average Bonchev–Trinajstić information content (AvgIpc) is 3.44. The molecule has 3 rings (SSSR count). The lowest BCUT2D eigenvalue weighted by atomic mass is 10.0. The Bertz CT molecular complexity index is 959. The molecule has 1 saturated heterocycles. The van der Waals surface area contributed by atoms with Crippen molar-refractivity contribution in [3.8, 4) is 12.3 Å². The lowest BCUT2D eigenvalue weighted by Gasteiger charge is -2.31. The Morgan fingerprint density at radius 2 is 1.93 bits per heavy atom. The van der Waals surface area contributed by atoms with Crippen LogP contribution in [0.1, 0.15) is 38.5 Å². The van der Waals surface area contributed by atoms with Crippen molar-refractivity contribution in [3.05, 3.63) is 24.0 Å². The second-order valence-corrected chi connectivity index (χ2v) is 9.73. The summed E-state index contributed by atoms with van der Waals surface area (Å²) >= 11 is 0. The number of nitrogens with one attached hydrogen (secondary N) is 2. The predicted molar refractivity (Wildman–Crippen MR) is 113 cm³/mol. The molecule has 0 radical (unpaired) electrons. The molecule has 0 atom stereocenters. The second kappa shape index (κ2) is 9.10. The Morgan fingerprint density at radius 3 is 2.53 bits per heavy atom. The third kappa shape index (κ3) is 6.24. The quantitative estimate of drug-likeness (QED) is 0.582.